The fraction of sp³-hybridized carbons (Fsp3) is 0.217. The van der Waals surface area contributed by atoms with Gasteiger partial charge in [0.05, 0.1) is 12.2 Å². The lowest BCUT2D eigenvalue weighted by molar-refractivity contribution is -0.121. The van der Waals surface area contributed by atoms with Crippen molar-refractivity contribution in [2.75, 3.05) is 18.1 Å². The fourth-order valence-corrected chi connectivity index (χ4v) is 3.46. The van der Waals surface area contributed by atoms with Crippen molar-refractivity contribution in [3.05, 3.63) is 82.6 Å². The third-order valence-electron chi connectivity index (χ3n) is 4.72. The van der Waals surface area contributed by atoms with Crippen LogP contribution in [-0.4, -0.2) is 40.7 Å². The van der Waals surface area contributed by atoms with Crippen molar-refractivity contribution in [1.82, 2.24) is 9.78 Å². The number of ether oxygens (including phenoxy) is 1. The predicted octanol–water partition coefficient (Wildman–Crippen LogP) is 2.96. The van der Waals surface area contributed by atoms with Crippen LogP contribution in [0.1, 0.15) is 28.0 Å². The maximum Gasteiger partial charge on any atom is 0.343 e. The second kappa shape index (κ2) is 10.6. The van der Waals surface area contributed by atoms with Gasteiger partial charge >= 0.3 is 5.97 Å². The molecule has 0 aliphatic carbocycles. The Morgan fingerprint density at radius 2 is 1.69 bits per heavy atom. The zero-order valence-electron chi connectivity index (χ0n) is 17.5. The summed E-state index contributed by atoms with van der Waals surface area (Å²) in [5.74, 6) is -1.77. The van der Waals surface area contributed by atoms with E-state index in [4.69, 9.17) is 22.1 Å². The summed E-state index contributed by atoms with van der Waals surface area (Å²) < 4.78 is 6.75. The molecule has 1 aromatic heterocycles. The molecule has 2 aromatic carbocycles. The van der Waals surface area contributed by atoms with E-state index in [0.29, 0.717) is 17.9 Å². The molecule has 0 radical (unpaired) electrons. The van der Waals surface area contributed by atoms with Gasteiger partial charge in [-0.3, -0.25) is 9.59 Å². The summed E-state index contributed by atoms with van der Waals surface area (Å²) in [6.45, 7) is 1.59. The number of aromatic nitrogens is 2. The summed E-state index contributed by atoms with van der Waals surface area (Å²) in [5.41, 5.74) is 7.27. The van der Waals surface area contributed by atoms with Gasteiger partial charge in [0.25, 0.3) is 5.91 Å². The number of nitrogens with zero attached hydrogens (tertiary/aromatic N) is 3. The minimum absolute atomic E-state index is 0.0221. The molecular formula is C23H23ClN4O4. The van der Waals surface area contributed by atoms with Crippen LogP contribution in [0.15, 0.2) is 60.7 Å². The highest BCUT2D eigenvalue weighted by atomic mass is 35.5. The molecule has 0 bridgehead atoms. The van der Waals surface area contributed by atoms with Gasteiger partial charge in [-0.1, -0.05) is 60.1 Å². The molecule has 0 aliphatic rings. The van der Waals surface area contributed by atoms with Gasteiger partial charge in [-0.2, -0.15) is 5.10 Å². The summed E-state index contributed by atoms with van der Waals surface area (Å²) in [6, 6.07) is 18.3. The van der Waals surface area contributed by atoms with E-state index in [9.17, 15) is 14.4 Å². The first-order chi connectivity index (χ1) is 15.4. The Morgan fingerprint density at radius 1 is 1.06 bits per heavy atom. The zero-order chi connectivity index (χ0) is 23.1. The molecule has 0 spiro atoms. The number of esters is 1. The van der Waals surface area contributed by atoms with Crippen LogP contribution in [0, 0.1) is 6.92 Å². The minimum Gasteiger partial charge on any atom is -0.452 e. The number of benzene rings is 2. The molecule has 0 aliphatic heterocycles. The van der Waals surface area contributed by atoms with Crippen LogP contribution in [0.5, 0.6) is 0 Å². The van der Waals surface area contributed by atoms with Crippen molar-refractivity contribution in [2.45, 2.75) is 19.9 Å². The molecule has 32 heavy (non-hydrogen) atoms. The first kappa shape index (κ1) is 23.0. The number of hydrogen-bond donors (Lipinski definition) is 1. The van der Waals surface area contributed by atoms with Gasteiger partial charge in [-0.25, -0.2) is 9.48 Å². The first-order valence-corrected chi connectivity index (χ1v) is 10.3. The van der Waals surface area contributed by atoms with Crippen LogP contribution in [0.3, 0.4) is 0 Å². The van der Waals surface area contributed by atoms with Gasteiger partial charge < -0.3 is 15.4 Å². The highest BCUT2D eigenvalue weighted by molar-refractivity contribution is 6.32. The Balaban J connectivity index is 1.70. The highest BCUT2D eigenvalue weighted by Gasteiger charge is 2.24. The minimum atomic E-state index is -0.747. The Morgan fingerprint density at radius 3 is 2.31 bits per heavy atom. The zero-order valence-corrected chi connectivity index (χ0v) is 18.3. The van der Waals surface area contributed by atoms with Crippen LogP contribution >= 0.6 is 11.6 Å². The molecule has 3 rings (SSSR count). The third-order valence-corrected chi connectivity index (χ3v) is 5.11. The summed E-state index contributed by atoms with van der Waals surface area (Å²) in [6.07, 6.45) is -0.0221. The fourth-order valence-electron chi connectivity index (χ4n) is 3.15. The molecule has 1 heterocycles. The Kier molecular flexibility index (Phi) is 7.62. The summed E-state index contributed by atoms with van der Waals surface area (Å²) in [4.78, 5) is 38.0. The van der Waals surface area contributed by atoms with Crippen molar-refractivity contribution in [2.24, 2.45) is 5.73 Å². The smallest absolute Gasteiger partial charge is 0.343 e. The molecule has 8 nitrogen and oxygen atoms in total. The Bertz CT molecular complexity index is 1100. The molecule has 0 saturated carbocycles. The van der Waals surface area contributed by atoms with Crippen LogP contribution in [0.2, 0.25) is 5.15 Å². The predicted molar refractivity (Wildman–Crippen MR) is 120 cm³/mol. The number of nitrogens with two attached hydrogens (primary N) is 1. The topological polar surface area (TPSA) is 108 Å². The van der Waals surface area contributed by atoms with Crippen molar-refractivity contribution >= 4 is 35.1 Å². The van der Waals surface area contributed by atoms with Crippen LogP contribution in [0.4, 0.5) is 5.69 Å². The second-order valence-corrected chi connectivity index (χ2v) is 7.43. The van der Waals surface area contributed by atoms with Gasteiger partial charge in [-0.05, 0) is 24.6 Å². The van der Waals surface area contributed by atoms with Gasteiger partial charge in [0.2, 0.25) is 5.91 Å². The van der Waals surface area contributed by atoms with E-state index in [1.54, 1.807) is 37.3 Å². The first-order valence-electron chi connectivity index (χ1n) is 9.94. The molecule has 9 heteroatoms. The SMILES string of the molecule is Cc1nn(Cc2ccccc2)c(Cl)c1C(=O)OCC(=O)N(CCC(N)=O)c1ccccc1. The highest BCUT2D eigenvalue weighted by Crippen LogP contribution is 2.22. The molecule has 3 aromatic rings. The van der Waals surface area contributed by atoms with E-state index in [1.165, 1.54) is 9.58 Å². The summed E-state index contributed by atoms with van der Waals surface area (Å²) >= 11 is 6.39. The number of para-hydroxylation sites is 1. The molecule has 2 N–H and O–H groups in total. The van der Waals surface area contributed by atoms with E-state index in [-0.39, 0.29) is 23.7 Å². The van der Waals surface area contributed by atoms with Gasteiger partial charge in [-0.15, -0.1) is 0 Å². The number of amides is 2. The molecular weight excluding hydrogens is 432 g/mol. The number of carbonyl (C=O) groups is 3. The molecule has 2 amide bonds. The van der Waals surface area contributed by atoms with Crippen LogP contribution < -0.4 is 10.6 Å². The largest absolute Gasteiger partial charge is 0.452 e. The molecule has 166 valence electrons. The molecule has 0 fully saturated rings. The number of aryl methyl sites for hydroxylation is 1. The van der Waals surface area contributed by atoms with Crippen LogP contribution in [-0.2, 0) is 20.9 Å². The van der Waals surface area contributed by atoms with E-state index in [0.717, 1.165) is 5.56 Å². The molecule has 0 unspecified atom stereocenters. The average Bonchev–Trinajstić information content (AvgIpc) is 3.06. The van der Waals surface area contributed by atoms with Gasteiger partial charge in [0.1, 0.15) is 10.7 Å². The number of carbonyl (C=O) groups excluding carboxylic acids is 3. The quantitative estimate of drug-likeness (QED) is 0.500. The van der Waals surface area contributed by atoms with E-state index in [2.05, 4.69) is 5.10 Å². The molecule has 0 atom stereocenters. The second-order valence-electron chi connectivity index (χ2n) is 7.07. The number of halogens is 1. The third kappa shape index (κ3) is 5.73. The lowest BCUT2D eigenvalue weighted by Crippen LogP contribution is -2.37. The van der Waals surface area contributed by atoms with Crippen molar-refractivity contribution < 1.29 is 19.1 Å². The van der Waals surface area contributed by atoms with Gasteiger partial charge in [0, 0.05) is 18.7 Å². The van der Waals surface area contributed by atoms with E-state index >= 15 is 0 Å². The molecule has 0 saturated heterocycles. The number of hydrogen-bond acceptors (Lipinski definition) is 5. The Hall–Kier alpha value is -3.65. The number of primary amides is 1. The monoisotopic (exact) mass is 454 g/mol. The van der Waals surface area contributed by atoms with Gasteiger partial charge in [0.15, 0.2) is 6.61 Å². The standard InChI is InChI=1S/C23H23ClN4O4/c1-16-21(22(24)28(26-16)14-17-8-4-2-5-9-17)23(31)32-15-20(30)27(13-12-19(25)29)18-10-6-3-7-11-18/h2-11H,12-15H2,1H3,(H2,25,29). The lowest BCUT2D eigenvalue weighted by atomic mass is 10.2. The normalized spacial score (nSPS) is 10.6. The summed E-state index contributed by atoms with van der Waals surface area (Å²) in [7, 11) is 0. The van der Waals surface area contributed by atoms with E-state index in [1.807, 2.05) is 30.3 Å². The lowest BCUT2D eigenvalue weighted by Gasteiger charge is -2.22. The average molecular weight is 455 g/mol. The maximum absolute atomic E-state index is 12.8. The van der Waals surface area contributed by atoms with Crippen molar-refractivity contribution in [1.29, 1.82) is 0 Å². The Labute approximate surface area is 190 Å². The maximum atomic E-state index is 12.8. The number of anilines is 1. The van der Waals surface area contributed by atoms with E-state index < -0.39 is 24.4 Å². The van der Waals surface area contributed by atoms with Crippen molar-refractivity contribution in [3.8, 4) is 0 Å². The van der Waals surface area contributed by atoms with Crippen LogP contribution in [0.25, 0.3) is 0 Å². The summed E-state index contributed by atoms with van der Waals surface area (Å²) in [5, 5.41) is 4.46. The number of rotatable bonds is 9. The van der Waals surface area contributed by atoms with Crippen molar-refractivity contribution in [3.63, 3.8) is 0 Å².